The summed E-state index contributed by atoms with van der Waals surface area (Å²) in [6.07, 6.45) is 1.75. The van der Waals surface area contributed by atoms with Gasteiger partial charge in [-0.1, -0.05) is 41.4 Å². The van der Waals surface area contributed by atoms with Gasteiger partial charge in [0.1, 0.15) is 5.76 Å². The van der Waals surface area contributed by atoms with Crippen molar-refractivity contribution < 1.29 is 22.4 Å². The van der Waals surface area contributed by atoms with Gasteiger partial charge in [0.15, 0.2) is 5.76 Å². The van der Waals surface area contributed by atoms with Crippen LogP contribution in [0.4, 0.5) is 0 Å². The number of carbonyl (C=O) groups is 2. The first-order valence-electron chi connectivity index (χ1n) is 10.8. The highest BCUT2D eigenvalue weighted by Gasteiger charge is 2.28. The fourth-order valence-electron chi connectivity index (χ4n) is 3.76. The fourth-order valence-corrected chi connectivity index (χ4v) is 4.82. The molecule has 182 valence electrons. The van der Waals surface area contributed by atoms with Crippen LogP contribution in [0, 0.1) is 13.8 Å². The number of hydrazine groups is 1. The molecular formula is C24H23ClN4O5S. The number of hydrogen-bond acceptors (Lipinski definition) is 6. The van der Waals surface area contributed by atoms with E-state index >= 15 is 0 Å². The lowest BCUT2D eigenvalue weighted by Gasteiger charge is -2.14. The molecule has 3 N–H and O–H groups in total. The Morgan fingerprint density at radius 3 is 2.37 bits per heavy atom. The number of sulfonamides is 1. The van der Waals surface area contributed by atoms with Crippen LogP contribution >= 0.6 is 11.6 Å². The molecule has 0 fully saturated rings. The number of halogens is 1. The van der Waals surface area contributed by atoms with Crippen molar-refractivity contribution in [2.45, 2.75) is 38.0 Å². The predicted octanol–water partition coefficient (Wildman–Crippen LogP) is 3.64. The summed E-state index contributed by atoms with van der Waals surface area (Å²) in [7, 11) is -3.86. The van der Waals surface area contributed by atoms with Crippen LogP contribution in [0.3, 0.4) is 0 Å². The van der Waals surface area contributed by atoms with Gasteiger partial charge in [0.2, 0.25) is 0 Å². The molecule has 2 amide bonds. The first-order chi connectivity index (χ1) is 16.7. The maximum Gasteiger partial charge on any atom is 0.305 e. The number of hydrazone groups is 1. The van der Waals surface area contributed by atoms with Crippen molar-refractivity contribution in [1.29, 1.82) is 0 Å². The molecule has 0 spiro atoms. The van der Waals surface area contributed by atoms with Crippen molar-refractivity contribution in [3.05, 3.63) is 87.3 Å². The van der Waals surface area contributed by atoms with Crippen LogP contribution in [-0.4, -0.2) is 25.9 Å². The molecule has 0 aliphatic heterocycles. The quantitative estimate of drug-likeness (QED) is 0.447. The van der Waals surface area contributed by atoms with E-state index in [0.29, 0.717) is 41.9 Å². The van der Waals surface area contributed by atoms with E-state index in [4.69, 9.17) is 16.0 Å². The van der Waals surface area contributed by atoms with Crippen molar-refractivity contribution >= 4 is 39.2 Å². The Labute approximate surface area is 207 Å². The maximum atomic E-state index is 12.7. The zero-order chi connectivity index (χ0) is 25.2. The number of carbonyl (C=O) groups excluding carboxylic acids is 2. The van der Waals surface area contributed by atoms with Crippen molar-refractivity contribution in [3.8, 4) is 0 Å². The molecule has 1 aliphatic carbocycles. The van der Waals surface area contributed by atoms with E-state index < -0.39 is 21.8 Å². The molecule has 9 nitrogen and oxygen atoms in total. The first-order valence-corrected chi connectivity index (χ1v) is 12.7. The van der Waals surface area contributed by atoms with Crippen molar-refractivity contribution in [3.63, 3.8) is 0 Å². The lowest BCUT2D eigenvalue weighted by molar-refractivity contribution is 0.0829. The molecular weight excluding hydrogens is 492 g/mol. The maximum absolute atomic E-state index is 12.7. The van der Waals surface area contributed by atoms with Gasteiger partial charge in [0, 0.05) is 17.5 Å². The number of furan rings is 1. The zero-order valence-corrected chi connectivity index (χ0v) is 20.6. The lowest BCUT2D eigenvalue weighted by atomic mass is 9.93. The minimum absolute atomic E-state index is 0.00505. The number of benzene rings is 2. The molecule has 1 heterocycles. The molecule has 1 aliphatic rings. The summed E-state index contributed by atoms with van der Waals surface area (Å²) >= 11 is 6.02. The third-order valence-corrected chi connectivity index (χ3v) is 7.13. The minimum Gasteiger partial charge on any atom is -0.455 e. The number of amides is 2. The van der Waals surface area contributed by atoms with Crippen molar-refractivity contribution in [1.82, 2.24) is 15.7 Å². The Balaban J connectivity index is 1.52. The zero-order valence-electron chi connectivity index (χ0n) is 19.0. The van der Waals surface area contributed by atoms with Crippen LogP contribution < -0.4 is 15.7 Å². The molecule has 0 unspecified atom stereocenters. The molecule has 0 bridgehead atoms. The second kappa shape index (κ2) is 9.93. The SMILES string of the molecule is Cc1ccc(S(=O)(=O)N/N=C2\CCCc3oc(C(=O)NNC(=O)c4ccccc4Cl)c(C)c32)cc1. The lowest BCUT2D eigenvalue weighted by Crippen LogP contribution is -2.41. The number of fused-ring (bicyclic) bond motifs is 1. The standard InChI is InChI=1S/C24H23ClN4O5S/c1-14-10-12-16(13-11-14)35(32,33)29-26-19-8-5-9-20-21(19)15(2)22(34-20)24(31)28-27-23(30)17-6-3-4-7-18(17)25/h3-4,6-7,10-13,29H,5,8-9H2,1-2H3,(H,27,30)(H,28,31)/b26-19+. The molecule has 35 heavy (non-hydrogen) atoms. The summed E-state index contributed by atoms with van der Waals surface area (Å²) in [5.41, 5.74) is 7.36. The van der Waals surface area contributed by atoms with Gasteiger partial charge in [-0.05, 0) is 51.0 Å². The summed E-state index contributed by atoms with van der Waals surface area (Å²) in [5.74, 6) is -0.697. The summed E-state index contributed by atoms with van der Waals surface area (Å²) in [4.78, 5) is 27.4. The highest BCUT2D eigenvalue weighted by atomic mass is 35.5. The first kappa shape index (κ1) is 24.5. The average Bonchev–Trinajstić information content (AvgIpc) is 3.19. The van der Waals surface area contributed by atoms with E-state index in [1.54, 1.807) is 37.3 Å². The normalized spacial score (nSPS) is 14.3. The Hall–Kier alpha value is -3.63. The molecule has 4 rings (SSSR count). The van der Waals surface area contributed by atoms with E-state index in [0.717, 1.165) is 5.56 Å². The Morgan fingerprint density at radius 1 is 0.971 bits per heavy atom. The third-order valence-electron chi connectivity index (χ3n) is 5.57. The van der Waals surface area contributed by atoms with E-state index in [-0.39, 0.29) is 21.2 Å². The minimum atomic E-state index is -3.86. The van der Waals surface area contributed by atoms with Gasteiger partial charge in [-0.3, -0.25) is 20.4 Å². The topological polar surface area (TPSA) is 130 Å². The monoisotopic (exact) mass is 514 g/mol. The summed E-state index contributed by atoms with van der Waals surface area (Å²) < 4.78 is 31.0. The number of nitrogens with zero attached hydrogens (tertiary/aromatic N) is 1. The van der Waals surface area contributed by atoms with E-state index in [1.165, 1.54) is 18.2 Å². The van der Waals surface area contributed by atoms with Crippen LogP contribution in [0.15, 0.2) is 62.9 Å². The Morgan fingerprint density at radius 2 is 1.66 bits per heavy atom. The summed E-state index contributed by atoms with van der Waals surface area (Å²) in [6.45, 7) is 3.55. The summed E-state index contributed by atoms with van der Waals surface area (Å²) in [6, 6.07) is 12.9. The molecule has 2 aromatic carbocycles. The van der Waals surface area contributed by atoms with Gasteiger partial charge >= 0.3 is 5.91 Å². The van der Waals surface area contributed by atoms with Crippen LogP contribution in [-0.2, 0) is 16.4 Å². The highest BCUT2D eigenvalue weighted by Crippen LogP contribution is 2.30. The van der Waals surface area contributed by atoms with Gasteiger partial charge in [0.05, 0.1) is 21.2 Å². The Kier molecular flexibility index (Phi) is 6.95. The van der Waals surface area contributed by atoms with Gasteiger partial charge < -0.3 is 4.42 Å². The van der Waals surface area contributed by atoms with Gasteiger partial charge in [-0.25, -0.2) is 0 Å². The van der Waals surface area contributed by atoms with E-state index in [2.05, 4.69) is 20.8 Å². The van der Waals surface area contributed by atoms with E-state index in [9.17, 15) is 18.0 Å². The van der Waals surface area contributed by atoms with Crippen LogP contribution in [0.25, 0.3) is 0 Å². The largest absolute Gasteiger partial charge is 0.455 e. The van der Waals surface area contributed by atoms with Crippen LogP contribution in [0.1, 0.15) is 56.2 Å². The molecule has 0 radical (unpaired) electrons. The second-order valence-electron chi connectivity index (χ2n) is 8.06. The van der Waals surface area contributed by atoms with Gasteiger partial charge in [-0.15, -0.1) is 0 Å². The third kappa shape index (κ3) is 5.23. The van der Waals surface area contributed by atoms with Crippen LogP contribution in [0.2, 0.25) is 5.02 Å². The summed E-state index contributed by atoms with van der Waals surface area (Å²) in [5, 5.41) is 4.40. The van der Waals surface area contributed by atoms with Gasteiger partial charge in [0.25, 0.3) is 15.9 Å². The molecule has 0 atom stereocenters. The molecule has 11 heteroatoms. The Bertz CT molecular complexity index is 1430. The van der Waals surface area contributed by atoms with Crippen LogP contribution in [0.5, 0.6) is 0 Å². The number of nitrogens with one attached hydrogen (secondary N) is 3. The van der Waals surface area contributed by atoms with Crippen molar-refractivity contribution in [2.24, 2.45) is 5.10 Å². The van der Waals surface area contributed by atoms with E-state index in [1.807, 2.05) is 6.92 Å². The fraction of sp³-hybridized carbons (Fsp3) is 0.208. The predicted molar refractivity (Wildman–Crippen MR) is 131 cm³/mol. The molecule has 3 aromatic rings. The average molecular weight is 515 g/mol. The molecule has 0 saturated heterocycles. The number of hydrogen-bond donors (Lipinski definition) is 3. The second-order valence-corrected chi connectivity index (χ2v) is 10.1. The smallest absolute Gasteiger partial charge is 0.305 e. The number of aryl methyl sites for hydroxylation is 2. The molecule has 1 aromatic heterocycles. The van der Waals surface area contributed by atoms with Crippen molar-refractivity contribution in [2.75, 3.05) is 0 Å². The highest BCUT2D eigenvalue weighted by molar-refractivity contribution is 7.89. The number of rotatable bonds is 5. The van der Waals surface area contributed by atoms with Gasteiger partial charge in [-0.2, -0.15) is 18.4 Å². The molecule has 0 saturated carbocycles.